The van der Waals surface area contributed by atoms with E-state index in [1.807, 2.05) is 18.2 Å². The average molecular weight is 380 g/mol. The number of nitrogens with zero attached hydrogens (tertiary/aromatic N) is 1. The number of carbonyl (C=O) groups excluding carboxylic acids is 2. The molecular weight excluding hydrogens is 356 g/mol. The van der Waals surface area contributed by atoms with Crippen molar-refractivity contribution in [3.63, 3.8) is 0 Å². The Morgan fingerprint density at radius 3 is 2.86 bits per heavy atom. The molecule has 146 valence electrons. The summed E-state index contributed by atoms with van der Waals surface area (Å²) in [5, 5.41) is 1.16. The van der Waals surface area contributed by atoms with Crippen LogP contribution in [0.25, 0.3) is 10.9 Å². The predicted octanol–water partition coefficient (Wildman–Crippen LogP) is 2.69. The molecule has 5 rings (SSSR count). The molecular formula is C22H24N2O4. The number of H-pyrrole nitrogens is 1. The summed E-state index contributed by atoms with van der Waals surface area (Å²) in [7, 11) is 3.13. The van der Waals surface area contributed by atoms with Crippen LogP contribution in [0.2, 0.25) is 0 Å². The van der Waals surface area contributed by atoms with Crippen molar-refractivity contribution in [2.24, 2.45) is 0 Å². The minimum Gasteiger partial charge on any atom is -0.468 e. The normalized spacial score (nSPS) is 31.9. The Hall–Kier alpha value is -2.44. The Morgan fingerprint density at radius 1 is 1.25 bits per heavy atom. The molecule has 1 aromatic heterocycles. The smallest absolute Gasteiger partial charge is 0.323 e. The van der Waals surface area contributed by atoms with Crippen LogP contribution >= 0.6 is 0 Å². The molecule has 2 aliphatic heterocycles. The van der Waals surface area contributed by atoms with E-state index in [9.17, 15) is 9.59 Å². The van der Waals surface area contributed by atoms with Crippen LogP contribution in [-0.2, 0) is 25.5 Å². The highest BCUT2D eigenvalue weighted by atomic mass is 16.5. The fraction of sp³-hybridized carbons (Fsp3) is 0.455. The number of fused-ring (bicyclic) bond motifs is 7. The summed E-state index contributed by atoms with van der Waals surface area (Å²) in [4.78, 5) is 30.9. The quantitative estimate of drug-likeness (QED) is 0.811. The molecule has 1 aromatic carbocycles. The highest BCUT2D eigenvalue weighted by molar-refractivity contribution is 5.92. The summed E-state index contributed by atoms with van der Waals surface area (Å²) < 4.78 is 11.1. The van der Waals surface area contributed by atoms with E-state index in [1.165, 1.54) is 12.7 Å². The fourth-order valence-corrected chi connectivity index (χ4v) is 5.51. The van der Waals surface area contributed by atoms with Crippen molar-refractivity contribution in [3.8, 4) is 0 Å². The van der Waals surface area contributed by atoms with Crippen molar-refractivity contribution in [1.82, 2.24) is 9.88 Å². The number of carbonyl (C=O) groups is 2. The number of para-hydroxylation sites is 1. The molecule has 1 aliphatic carbocycles. The summed E-state index contributed by atoms with van der Waals surface area (Å²) >= 11 is 0. The van der Waals surface area contributed by atoms with Gasteiger partial charge in [0.05, 0.1) is 19.2 Å². The van der Waals surface area contributed by atoms with E-state index in [1.54, 1.807) is 13.2 Å². The highest BCUT2D eigenvalue weighted by Gasteiger charge is 2.55. The molecule has 0 radical (unpaired) electrons. The first-order chi connectivity index (χ1) is 13.6. The van der Waals surface area contributed by atoms with E-state index in [0.717, 1.165) is 29.4 Å². The standard InChI is InChI=1S/C22H24N2O4/c1-27-21(26)18-12-15-14-5-3-4-6-16(14)23-20(15)17-8-10-22(28-2)9-7-13(25)11-19(22)24(17)18/h3-7,9,17-19,23H,8,10-12H2,1-2H3/t17-,18-,19+,22-/m0/s1. The Morgan fingerprint density at radius 2 is 2.07 bits per heavy atom. The lowest BCUT2D eigenvalue weighted by atomic mass is 9.72. The second kappa shape index (κ2) is 6.29. The van der Waals surface area contributed by atoms with Crippen molar-refractivity contribution in [1.29, 1.82) is 0 Å². The van der Waals surface area contributed by atoms with Gasteiger partial charge < -0.3 is 14.5 Å². The van der Waals surface area contributed by atoms with Gasteiger partial charge in [-0.05, 0) is 36.6 Å². The van der Waals surface area contributed by atoms with Gasteiger partial charge in [-0.1, -0.05) is 18.2 Å². The summed E-state index contributed by atoms with van der Waals surface area (Å²) in [5.41, 5.74) is 2.89. The Bertz CT molecular complexity index is 994. The molecule has 0 amide bonds. The van der Waals surface area contributed by atoms with Gasteiger partial charge in [0.25, 0.3) is 0 Å². The monoisotopic (exact) mass is 380 g/mol. The van der Waals surface area contributed by atoms with Crippen LogP contribution in [-0.4, -0.2) is 53.5 Å². The van der Waals surface area contributed by atoms with Gasteiger partial charge in [-0.2, -0.15) is 0 Å². The van der Waals surface area contributed by atoms with E-state index in [4.69, 9.17) is 9.47 Å². The number of hydrogen-bond donors (Lipinski definition) is 1. The van der Waals surface area contributed by atoms with Crippen LogP contribution < -0.4 is 0 Å². The Kier molecular flexibility index (Phi) is 3.96. The van der Waals surface area contributed by atoms with Crippen LogP contribution in [0, 0.1) is 0 Å². The molecule has 0 bridgehead atoms. The minimum absolute atomic E-state index is 0.0350. The molecule has 6 heteroatoms. The SMILES string of the molecule is COC(=O)[C@@H]1Cc2c([nH]c3ccccc23)[C@@H]2CC[C@@]3(OC)C=CC(=O)C[C@H]3N12. The molecule has 0 spiro atoms. The minimum atomic E-state index is -0.541. The summed E-state index contributed by atoms with van der Waals surface area (Å²) in [6.07, 6.45) is 6.10. The number of hydrogen-bond acceptors (Lipinski definition) is 5. The molecule has 1 saturated heterocycles. The molecule has 1 fully saturated rings. The number of aromatic nitrogens is 1. The molecule has 4 atom stereocenters. The molecule has 3 aliphatic rings. The first-order valence-electron chi connectivity index (χ1n) is 9.80. The largest absolute Gasteiger partial charge is 0.468 e. The second-order valence-electron chi connectivity index (χ2n) is 7.99. The second-order valence-corrected chi connectivity index (χ2v) is 7.99. The highest BCUT2D eigenvalue weighted by Crippen LogP contribution is 2.50. The first-order valence-corrected chi connectivity index (χ1v) is 9.80. The lowest BCUT2D eigenvalue weighted by Gasteiger charge is -2.55. The van der Waals surface area contributed by atoms with Crippen LogP contribution in [0.4, 0.5) is 0 Å². The number of esters is 1. The maximum atomic E-state index is 12.8. The maximum Gasteiger partial charge on any atom is 0.323 e. The lowest BCUT2D eigenvalue weighted by molar-refractivity contribution is -0.164. The van der Waals surface area contributed by atoms with Gasteiger partial charge in [0.2, 0.25) is 0 Å². The van der Waals surface area contributed by atoms with E-state index in [0.29, 0.717) is 12.8 Å². The maximum absolute atomic E-state index is 12.8. The molecule has 0 unspecified atom stereocenters. The third-order valence-corrected chi connectivity index (χ3v) is 6.83. The lowest BCUT2D eigenvalue weighted by Crippen LogP contribution is -2.65. The van der Waals surface area contributed by atoms with Crippen LogP contribution in [0.1, 0.15) is 36.6 Å². The zero-order valence-corrected chi connectivity index (χ0v) is 16.1. The van der Waals surface area contributed by atoms with Crippen molar-refractivity contribution in [2.45, 2.75) is 49.4 Å². The number of rotatable bonds is 2. The van der Waals surface area contributed by atoms with Gasteiger partial charge in [0.15, 0.2) is 5.78 Å². The summed E-state index contributed by atoms with van der Waals surface area (Å²) in [6, 6.07) is 7.63. The molecule has 1 N–H and O–H groups in total. The third kappa shape index (κ3) is 2.34. The Balaban J connectivity index is 1.68. The number of benzene rings is 1. The topological polar surface area (TPSA) is 71.6 Å². The van der Waals surface area contributed by atoms with Crippen molar-refractivity contribution in [2.75, 3.05) is 14.2 Å². The fourth-order valence-electron chi connectivity index (χ4n) is 5.51. The van der Waals surface area contributed by atoms with Crippen LogP contribution in [0.5, 0.6) is 0 Å². The molecule has 2 aromatic rings. The number of nitrogens with one attached hydrogen (secondary N) is 1. The number of ether oxygens (including phenoxy) is 2. The van der Waals surface area contributed by atoms with Crippen LogP contribution in [0.15, 0.2) is 36.4 Å². The van der Waals surface area contributed by atoms with Crippen LogP contribution in [0.3, 0.4) is 0 Å². The Labute approximate surface area is 163 Å². The van der Waals surface area contributed by atoms with E-state index in [-0.39, 0.29) is 23.8 Å². The van der Waals surface area contributed by atoms with Crippen molar-refractivity contribution in [3.05, 3.63) is 47.7 Å². The molecule has 6 nitrogen and oxygen atoms in total. The molecule has 3 heterocycles. The van der Waals surface area contributed by atoms with E-state index < -0.39 is 11.6 Å². The van der Waals surface area contributed by atoms with E-state index >= 15 is 0 Å². The summed E-state index contributed by atoms with van der Waals surface area (Å²) in [6.45, 7) is 0. The predicted molar refractivity (Wildman–Crippen MR) is 104 cm³/mol. The van der Waals surface area contributed by atoms with Gasteiger partial charge >= 0.3 is 5.97 Å². The molecule has 0 saturated carbocycles. The number of methoxy groups -OCH3 is 2. The number of piperidine rings is 1. The van der Waals surface area contributed by atoms with Gasteiger partial charge in [-0.25, -0.2) is 0 Å². The van der Waals surface area contributed by atoms with E-state index in [2.05, 4.69) is 22.0 Å². The molecule has 28 heavy (non-hydrogen) atoms. The average Bonchev–Trinajstić information content (AvgIpc) is 3.11. The number of aromatic amines is 1. The van der Waals surface area contributed by atoms with Gasteiger partial charge in [-0.3, -0.25) is 14.5 Å². The van der Waals surface area contributed by atoms with Crippen molar-refractivity contribution >= 4 is 22.7 Å². The summed E-state index contributed by atoms with van der Waals surface area (Å²) in [5.74, 6) is -0.181. The first kappa shape index (κ1) is 17.6. The van der Waals surface area contributed by atoms with Gasteiger partial charge in [0.1, 0.15) is 11.6 Å². The third-order valence-electron chi connectivity index (χ3n) is 6.83. The van der Waals surface area contributed by atoms with Crippen molar-refractivity contribution < 1.29 is 19.1 Å². The zero-order chi connectivity index (χ0) is 19.5. The van der Waals surface area contributed by atoms with Gasteiger partial charge in [-0.15, -0.1) is 0 Å². The zero-order valence-electron chi connectivity index (χ0n) is 16.1. The van der Waals surface area contributed by atoms with Gasteiger partial charge in [0, 0.05) is 36.5 Å². The number of allylic oxidation sites excluding steroid dienone is 1. The number of ketones is 1.